The number of hydrogen-bond donors (Lipinski definition) is 2. The van der Waals surface area contributed by atoms with E-state index in [2.05, 4.69) is 39.7 Å². The molecule has 0 unspecified atom stereocenters. The van der Waals surface area contributed by atoms with E-state index in [1.54, 1.807) is 26.4 Å². The van der Waals surface area contributed by atoms with E-state index in [-0.39, 0.29) is 0 Å². The molecule has 3 rings (SSSR count). The molecule has 7 heteroatoms. The quantitative estimate of drug-likeness (QED) is 0.575. The molecule has 0 spiro atoms. The van der Waals surface area contributed by atoms with Gasteiger partial charge in [0.15, 0.2) is 0 Å². The molecule has 3 aromatic rings. The lowest BCUT2D eigenvalue weighted by molar-refractivity contribution is 0.405. The molecule has 0 aliphatic carbocycles. The Morgan fingerprint density at radius 1 is 0.964 bits per heavy atom. The minimum atomic E-state index is 0.476. The van der Waals surface area contributed by atoms with E-state index in [1.165, 1.54) is 11.1 Å². The number of nitrogens with zero attached hydrogens (tertiary/aromatic N) is 2. The molecule has 0 saturated carbocycles. The number of methoxy groups -OCH3 is 2. The molecule has 0 atom stereocenters. The monoisotopic (exact) mass is 398 g/mol. The Labute approximate surface area is 169 Å². The molecule has 0 aliphatic rings. The summed E-state index contributed by atoms with van der Waals surface area (Å²) in [5.41, 5.74) is 3.96. The Hall–Kier alpha value is -2.99. The van der Waals surface area contributed by atoms with Gasteiger partial charge in [0.25, 0.3) is 0 Å². The first-order valence-electron chi connectivity index (χ1n) is 8.82. The van der Waals surface area contributed by atoms with Crippen LogP contribution in [-0.2, 0) is 6.54 Å². The van der Waals surface area contributed by atoms with Crippen molar-refractivity contribution in [2.45, 2.75) is 20.4 Å². The minimum Gasteiger partial charge on any atom is -0.495 e. The number of aromatic nitrogens is 2. The molecule has 6 nitrogen and oxygen atoms in total. The van der Waals surface area contributed by atoms with Gasteiger partial charge in [-0.25, -0.2) is 4.98 Å². The highest BCUT2D eigenvalue weighted by atomic mass is 35.5. The molecule has 0 fully saturated rings. The van der Waals surface area contributed by atoms with Gasteiger partial charge in [0.05, 0.1) is 24.9 Å². The molecule has 2 N–H and O–H groups in total. The van der Waals surface area contributed by atoms with Gasteiger partial charge >= 0.3 is 0 Å². The first kappa shape index (κ1) is 19.8. The predicted molar refractivity (Wildman–Crippen MR) is 113 cm³/mol. The Kier molecular flexibility index (Phi) is 6.21. The number of anilines is 3. The fraction of sp³-hybridized carbons (Fsp3) is 0.238. The van der Waals surface area contributed by atoms with Gasteiger partial charge in [0, 0.05) is 30.4 Å². The molecule has 1 heterocycles. The fourth-order valence-corrected chi connectivity index (χ4v) is 3.02. The average molecular weight is 399 g/mol. The minimum absolute atomic E-state index is 0.476. The van der Waals surface area contributed by atoms with Crippen LogP contribution in [0.25, 0.3) is 0 Å². The van der Waals surface area contributed by atoms with Gasteiger partial charge in [-0.2, -0.15) is 4.98 Å². The van der Waals surface area contributed by atoms with Gasteiger partial charge in [-0.1, -0.05) is 35.9 Å². The van der Waals surface area contributed by atoms with Gasteiger partial charge < -0.3 is 20.1 Å². The van der Waals surface area contributed by atoms with Crippen molar-refractivity contribution in [1.29, 1.82) is 0 Å². The third-order valence-electron chi connectivity index (χ3n) is 4.29. The van der Waals surface area contributed by atoms with E-state index in [4.69, 9.17) is 21.1 Å². The highest BCUT2D eigenvalue weighted by Crippen LogP contribution is 2.37. The van der Waals surface area contributed by atoms with Crippen molar-refractivity contribution in [3.8, 4) is 11.5 Å². The highest BCUT2D eigenvalue weighted by molar-refractivity contribution is 6.32. The van der Waals surface area contributed by atoms with Gasteiger partial charge in [0.1, 0.15) is 17.3 Å². The van der Waals surface area contributed by atoms with Crippen LogP contribution in [0.15, 0.2) is 42.5 Å². The average Bonchev–Trinajstić information content (AvgIpc) is 2.68. The number of rotatable bonds is 7. The Bertz CT molecular complexity index is 979. The summed E-state index contributed by atoms with van der Waals surface area (Å²) < 4.78 is 10.7. The highest BCUT2D eigenvalue weighted by Gasteiger charge is 2.12. The van der Waals surface area contributed by atoms with Crippen LogP contribution in [-0.4, -0.2) is 24.2 Å². The summed E-state index contributed by atoms with van der Waals surface area (Å²) in [6.45, 7) is 4.65. The predicted octanol–water partition coefficient (Wildman–Crippen LogP) is 5.12. The maximum atomic E-state index is 6.18. The molecule has 0 aliphatic heterocycles. The smallest absolute Gasteiger partial charge is 0.225 e. The second-order valence-corrected chi connectivity index (χ2v) is 6.72. The van der Waals surface area contributed by atoms with E-state index in [9.17, 15) is 0 Å². The van der Waals surface area contributed by atoms with Crippen molar-refractivity contribution in [3.05, 3.63) is 64.3 Å². The van der Waals surface area contributed by atoms with Crippen LogP contribution in [0.2, 0.25) is 5.02 Å². The van der Waals surface area contributed by atoms with Crippen LogP contribution >= 0.6 is 11.6 Å². The summed E-state index contributed by atoms with van der Waals surface area (Å²) in [4.78, 5) is 9.04. The van der Waals surface area contributed by atoms with Crippen molar-refractivity contribution in [1.82, 2.24) is 9.97 Å². The maximum Gasteiger partial charge on any atom is 0.225 e. The third-order valence-corrected chi connectivity index (χ3v) is 4.58. The van der Waals surface area contributed by atoms with Crippen molar-refractivity contribution in [2.75, 3.05) is 24.9 Å². The topological polar surface area (TPSA) is 68.3 Å². The standard InChI is InChI=1S/C21H23ClN4O2/c1-13-7-5-6-8-15(13)12-23-21-24-14(2)9-20(26-21)25-17-11-18(27-3)16(22)10-19(17)28-4/h5-11H,12H2,1-4H3,(H2,23,24,25,26). The van der Waals surface area contributed by atoms with Crippen LogP contribution in [0.4, 0.5) is 17.5 Å². The largest absolute Gasteiger partial charge is 0.495 e. The van der Waals surface area contributed by atoms with Crippen LogP contribution in [0.3, 0.4) is 0 Å². The first-order valence-corrected chi connectivity index (χ1v) is 9.20. The van der Waals surface area contributed by atoms with Crippen LogP contribution < -0.4 is 20.1 Å². The Morgan fingerprint density at radius 2 is 1.71 bits per heavy atom. The summed E-state index contributed by atoms with van der Waals surface area (Å²) in [5.74, 6) is 2.33. The van der Waals surface area contributed by atoms with E-state index >= 15 is 0 Å². The second kappa shape index (κ2) is 8.80. The number of ether oxygens (including phenoxy) is 2. The number of benzene rings is 2. The van der Waals surface area contributed by atoms with Crippen molar-refractivity contribution >= 4 is 29.1 Å². The van der Waals surface area contributed by atoms with Crippen LogP contribution in [0, 0.1) is 13.8 Å². The number of nitrogens with one attached hydrogen (secondary N) is 2. The fourth-order valence-electron chi connectivity index (χ4n) is 2.79. The molecule has 0 saturated heterocycles. The molecule has 0 radical (unpaired) electrons. The normalized spacial score (nSPS) is 10.5. The van der Waals surface area contributed by atoms with E-state index < -0.39 is 0 Å². The second-order valence-electron chi connectivity index (χ2n) is 6.31. The zero-order valence-corrected chi connectivity index (χ0v) is 17.1. The van der Waals surface area contributed by atoms with Crippen LogP contribution in [0.1, 0.15) is 16.8 Å². The summed E-state index contributed by atoms with van der Waals surface area (Å²) in [6.07, 6.45) is 0. The third kappa shape index (κ3) is 4.64. The molecule has 1 aromatic heterocycles. The van der Waals surface area contributed by atoms with E-state index in [0.717, 1.165) is 5.69 Å². The molecule has 2 aromatic carbocycles. The zero-order chi connectivity index (χ0) is 20.1. The Morgan fingerprint density at radius 3 is 2.43 bits per heavy atom. The lowest BCUT2D eigenvalue weighted by atomic mass is 10.1. The summed E-state index contributed by atoms with van der Waals surface area (Å²) in [5, 5.41) is 7.03. The van der Waals surface area contributed by atoms with Crippen molar-refractivity contribution in [3.63, 3.8) is 0 Å². The molecule has 0 amide bonds. The molecule has 0 bridgehead atoms. The van der Waals surface area contributed by atoms with Gasteiger partial charge in [-0.05, 0) is 25.0 Å². The zero-order valence-electron chi connectivity index (χ0n) is 16.3. The van der Waals surface area contributed by atoms with E-state index in [0.29, 0.717) is 40.5 Å². The maximum absolute atomic E-state index is 6.18. The Balaban J connectivity index is 1.83. The summed E-state index contributed by atoms with van der Waals surface area (Å²) in [7, 11) is 3.16. The molecular weight excluding hydrogens is 376 g/mol. The van der Waals surface area contributed by atoms with E-state index in [1.807, 2.05) is 25.1 Å². The number of hydrogen-bond acceptors (Lipinski definition) is 6. The van der Waals surface area contributed by atoms with Crippen LogP contribution in [0.5, 0.6) is 11.5 Å². The van der Waals surface area contributed by atoms with Crippen molar-refractivity contribution < 1.29 is 9.47 Å². The van der Waals surface area contributed by atoms with Gasteiger partial charge in [-0.15, -0.1) is 0 Å². The molecular formula is C21H23ClN4O2. The van der Waals surface area contributed by atoms with Gasteiger partial charge in [0.2, 0.25) is 5.95 Å². The van der Waals surface area contributed by atoms with Crippen molar-refractivity contribution in [2.24, 2.45) is 0 Å². The SMILES string of the molecule is COc1cc(Nc2cc(C)nc(NCc3ccccc3C)n2)c(OC)cc1Cl. The lowest BCUT2D eigenvalue weighted by Gasteiger charge is -2.15. The first-order chi connectivity index (χ1) is 13.5. The number of aryl methyl sites for hydroxylation is 2. The summed E-state index contributed by atoms with van der Waals surface area (Å²) in [6, 6.07) is 13.6. The molecule has 28 heavy (non-hydrogen) atoms. The van der Waals surface area contributed by atoms with Gasteiger partial charge in [-0.3, -0.25) is 0 Å². The summed E-state index contributed by atoms with van der Waals surface area (Å²) >= 11 is 6.18. The lowest BCUT2D eigenvalue weighted by Crippen LogP contribution is -2.07. The number of halogens is 1. The molecule has 146 valence electrons.